The van der Waals surface area contributed by atoms with Crippen molar-refractivity contribution in [3.63, 3.8) is 0 Å². The van der Waals surface area contributed by atoms with E-state index in [-0.39, 0.29) is 36.0 Å². The topological polar surface area (TPSA) is 84.7 Å². The molecule has 0 N–H and O–H groups in total. The van der Waals surface area contributed by atoms with Crippen LogP contribution in [0.25, 0.3) is 0 Å². The second kappa shape index (κ2) is 10.4. The third-order valence-corrected chi connectivity index (χ3v) is 7.37. The molecular weight excluding hydrogens is 424 g/mol. The third kappa shape index (κ3) is 5.54. The van der Waals surface area contributed by atoms with Gasteiger partial charge in [-0.25, -0.2) is 8.42 Å². The van der Waals surface area contributed by atoms with Crippen LogP contribution in [-0.4, -0.2) is 67.7 Å². The Morgan fingerprint density at radius 2 is 1.75 bits per heavy atom. The zero-order valence-electron chi connectivity index (χ0n) is 18.1. The minimum absolute atomic E-state index is 0.000527. The minimum atomic E-state index is -3.79. The Balaban J connectivity index is 1.61. The third-order valence-electron chi connectivity index (χ3n) is 5.42. The SMILES string of the molecule is C#CCN(CC(=O)N1CCN(S(=O)(=O)c2ccccc2C#N)CC1)Cc1ccc(C)cc1. The van der Waals surface area contributed by atoms with Gasteiger partial charge in [-0.15, -0.1) is 6.42 Å². The van der Waals surface area contributed by atoms with E-state index in [1.807, 2.05) is 42.2 Å². The van der Waals surface area contributed by atoms with Crippen molar-refractivity contribution in [3.05, 3.63) is 65.2 Å². The first kappa shape index (κ1) is 23.5. The molecule has 2 aromatic carbocycles. The van der Waals surface area contributed by atoms with Gasteiger partial charge in [-0.1, -0.05) is 47.9 Å². The first-order valence-electron chi connectivity index (χ1n) is 10.3. The van der Waals surface area contributed by atoms with Crippen LogP contribution in [-0.2, 0) is 21.4 Å². The molecule has 1 aliphatic rings. The summed E-state index contributed by atoms with van der Waals surface area (Å²) in [7, 11) is -3.79. The highest BCUT2D eigenvalue weighted by atomic mass is 32.2. The number of carbonyl (C=O) groups is 1. The first-order chi connectivity index (χ1) is 15.3. The summed E-state index contributed by atoms with van der Waals surface area (Å²) >= 11 is 0. The summed E-state index contributed by atoms with van der Waals surface area (Å²) < 4.78 is 27.3. The van der Waals surface area contributed by atoms with Crippen molar-refractivity contribution in [1.29, 1.82) is 5.26 Å². The number of rotatable bonds is 7. The molecule has 32 heavy (non-hydrogen) atoms. The van der Waals surface area contributed by atoms with E-state index in [2.05, 4.69) is 5.92 Å². The highest BCUT2D eigenvalue weighted by molar-refractivity contribution is 7.89. The maximum absolute atomic E-state index is 13.0. The number of nitriles is 1. The standard InChI is InChI=1S/C24H26N4O3S/c1-3-12-26(18-21-10-8-20(2)9-11-21)19-24(29)27-13-15-28(16-14-27)32(30,31)23-7-5-4-6-22(23)17-25/h1,4-11H,12-16,18-19H2,2H3. The van der Waals surface area contributed by atoms with Crippen molar-refractivity contribution < 1.29 is 13.2 Å². The van der Waals surface area contributed by atoms with Crippen LogP contribution in [0.2, 0.25) is 0 Å². The fourth-order valence-electron chi connectivity index (χ4n) is 3.64. The van der Waals surface area contributed by atoms with Gasteiger partial charge < -0.3 is 4.90 Å². The van der Waals surface area contributed by atoms with Gasteiger partial charge in [0, 0.05) is 32.7 Å². The average Bonchev–Trinajstić information content (AvgIpc) is 2.80. The largest absolute Gasteiger partial charge is 0.339 e. The van der Waals surface area contributed by atoms with Crippen molar-refractivity contribution >= 4 is 15.9 Å². The van der Waals surface area contributed by atoms with Crippen LogP contribution in [0.5, 0.6) is 0 Å². The number of amides is 1. The van der Waals surface area contributed by atoms with Crippen LogP contribution in [0.4, 0.5) is 0 Å². The number of aryl methyl sites for hydroxylation is 1. The number of terminal acetylenes is 1. The number of carbonyl (C=O) groups excluding carboxylic acids is 1. The number of sulfonamides is 1. The zero-order chi connectivity index (χ0) is 23.1. The van der Waals surface area contributed by atoms with Crippen LogP contribution in [0.1, 0.15) is 16.7 Å². The van der Waals surface area contributed by atoms with Gasteiger partial charge in [-0.3, -0.25) is 9.69 Å². The van der Waals surface area contributed by atoms with E-state index in [4.69, 9.17) is 6.42 Å². The Morgan fingerprint density at radius 1 is 1.09 bits per heavy atom. The highest BCUT2D eigenvalue weighted by Gasteiger charge is 2.31. The highest BCUT2D eigenvalue weighted by Crippen LogP contribution is 2.21. The molecule has 1 amide bonds. The molecule has 0 radical (unpaired) electrons. The molecule has 1 saturated heterocycles. The maximum Gasteiger partial charge on any atom is 0.244 e. The van der Waals surface area contributed by atoms with Gasteiger partial charge in [0.05, 0.1) is 23.5 Å². The van der Waals surface area contributed by atoms with E-state index in [1.54, 1.807) is 17.0 Å². The van der Waals surface area contributed by atoms with E-state index in [9.17, 15) is 18.5 Å². The number of benzene rings is 2. The molecule has 2 aromatic rings. The summed E-state index contributed by atoms with van der Waals surface area (Å²) in [5.41, 5.74) is 2.36. The molecule has 1 aliphatic heterocycles. The normalized spacial score (nSPS) is 14.7. The second-order valence-corrected chi connectivity index (χ2v) is 9.63. The summed E-state index contributed by atoms with van der Waals surface area (Å²) in [4.78, 5) is 16.4. The first-order valence-corrected chi connectivity index (χ1v) is 11.8. The predicted molar refractivity (Wildman–Crippen MR) is 122 cm³/mol. The summed E-state index contributed by atoms with van der Waals surface area (Å²) in [6, 6.07) is 16.2. The van der Waals surface area contributed by atoms with Crippen LogP contribution in [0.3, 0.4) is 0 Å². The molecule has 0 unspecified atom stereocenters. The van der Waals surface area contributed by atoms with Gasteiger partial charge in [0.15, 0.2) is 0 Å². The van der Waals surface area contributed by atoms with E-state index >= 15 is 0 Å². The fraction of sp³-hybridized carbons (Fsp3) is 0.333. The number of piperazine rings is 1. The molecule has 3 rings (SSSR count). The van der Waals surface area contributed by atoms with Crippen molar-refractivity contribution in [2.75, 3.05) is 39.3 Å². The lowest BCUT2D eigenvalue weighted by Crippen LogP contribution is -2.52. The zero-order valence-corrected chi connectivity index (χ0v) is 18.9. The second-order valence-electron chi connectivity index (χ2n) is 7.73. The minimum Gasteiger partial charge on any atom is -0.339 e. The smallest absolute Gasteiger partial charge is 0.244 e. The summed E-state index contributed by atoms with van der Waals surface area (Å²) in [5, 5.41) is 9.24. The molecular formula is C24H26N4O3S. The molecule has 166 valence electrons. The van der Waals surface area contributed by atoms with Crippen LogP contribution < -0.4 is 0 Å². The summed E-state index contributed by atoms with van der Waals surface area (Å²) in [6.45, 7) is 4.05. The van der Waals surface area contributed by atoms with Crippen molar-refractivity contribution in [1.82, 2.24) is 14.1 Å². The molecule has 0 atom stereocenters. The number of hydrogen-bond donors (Lipinski definition) is 0. The van der Waals surface area contributed by atoms with Gasteiger partial charge >= 0.3 is 0 Å². The van der Waals surface area contributed by atoms with Crippen LogP contribution in [0, 0.1) is 30.6 Å². The lowest BCUT2D eigenvalue weighted by atomic mass is 10.1. The van der Waals surface area contributed by atoms with E-state index in [0.29, 0.717) is 26.2 Å². The Morgan fingerprint density at radius 3 is 2.38 bits per heavy atom. The molecule has 0 bridgehead atoms. The lowest BCUT2D eigenvalue weighted by Gasteiger charge is -2.35. The Hall–Kier alpha value is -3.17. The monoisotopic (exact) mass is 450 g/mol. The van der Waals surface area contributed by atoms with Crippen molar-refractivity contribution in [3.8, 4) is 18.4 Å². The van der Waals surface area contributed by atoms with E-state index in [0.717, 1.165) is 5.56 Å². The van der Waals surface area contributed by atoms with Crippen LogP contribution >= 0.6 is 0 Å². The van der Waals surface area contributed by atoms with Gasteiger partial charge in [-0.2, -0.15) is 9.57 Å². The van der Waals surface area contributed by atoms with Gasteiger partial charge in [0.1, 0.15) is 6.07 Å². The molecule has 0 aromatic heterocycles. The molecule has 7 nitrogen and oxygen atoms in total. The van der Waals surface area contributed by atoms with E-state index < -0.39 is 10.0 Å². The van der Waals surface area contributed by atoms with Gasteiger partial charge in [-0.05, 0) is 24.6 Å². The number of hydrogen-bond acceptors (Lipinski definition) is 5. The number of nitrogens with zero attached hydrogens (tertiary/aromatic N) is 4. The fourth-order valence-corrected chi connectivity index (χ4v) is 5.20. The molecule has 0 spiro atoms. The predicted octanol–water partition coefficient (Wildman–Crippen LogP) is 1.84. The Labute approximate surface area is 189 Å². The Kier molecular flexibility index (Phi) is 7.66. The van der Waals surface area contributed by atoms with Gasteiger partial charge in [0.25, 0.3) is 0 Å². The maximum atomic E-state index is 13.0. The van der Waals surface area contributed by atoms with E-state index in [1.165, 1.54) is 22.0 Å². The average molecular weight is 451 g/mol. The molecule has 0 aliphatic carbocycles. The molecule has 0 saturated carbocycles. The summed E-state index contributed by atoms with van der Waals surface area (Å²) in [6.07, 6.45) is 5.49. The molecule has 1 heterocycles. The van der Waals surface area contributed by atoms with Crippen molar-refractivity contribution in [2.24, 2.45) is 0 Å². The quantitative estimate of drug-likeness (QED) is 0.601. The molecule has 8 heteroatoms. The van der Waals surface area contributed by atoms with Crippen molar-refractivity contribution in [2.45, 2.75) is 18.4 Å². The summed E-state index contributed by atoms with van der Waals surface area (Å²) in [5.74, 6) is 2.52. The van der Waals surface area contributed by atoms with Gasteiger partial charge in [0.2, 0.25) is 15.9 Å². The lowest BCUT2D eigenvalue weighted by molar-refractivity contribution is -0.133. The van der Waals surface area contributed by atoms with Crippen LogP contribution in [0.15, 0.2) is 53.4 Å². The molecule has 1 fully saturated rings. The Bertz CT molecular complexity index is 1140.